The largest absolute Gasteiger partial charge is 0.465 e. The number of ether oxygens (including phenoxy) is 1. The van der Waals surface area contributed by atoms with Crippen molar-refractivity contribution in [1.29, 1.82) is 0 Å². The predicted molar refractivity (Wildman–Crippen MR) is 91.1 cm³/mol. The van der Waals surface area contributed by atoms with Crippen LogP contribution in [0.3, 0.4) is 0 Å². The Morgan fingerprint density at radius 1 is 1.48 bits per heavy atom. The van der Waals surface area contributed by atoms with Crippen LogP contribution in [0.15, 0.2) is 23.0 Å². The number of carbonyl (C=O) groups is 1. The normalized spacial score (nSPS) is 12.5. The maximum absolute atomic E-state index is 12.2. The van der Waals surface area contributed by atoms with Gasteiger partial charge in [-0.1, -0.05) is 0 Å². The number of esters is 1. The summed E-state index contributed by atoms with van der Waals surface area (Å²) in [5.74, 6) is -0.139. The van der Waals surface area contributed by atoms with Gasteiger partial charge in [-0.3, -0.25) is 9.69 Å². The third-order valence-corrected chi connectivity index (χ3v) is 3.68. The first-order chi connectivity index (χ1) is 12.0. The van der Waals surface area contributed by atoms with Crippen LogP contribution in [0.2, 0.25) is 0 Å². The Morgan fingerprint density at radius 3 is 2.88 bits per heavy atom. The van der Waals surface area contributed by atoms with E-state index in [-0.39, 0.29) is 25.3 Å². The molecule has 0 radical (unpaired) electrons. The van der Waals surface area contributed by atoms with Crippen LogP contribution < -0.4 is 11.3 Å². The molecule has 25 heavy (non-hydrogen) atoms. The van der Waals surface area contributed by atoms with Gasteiger partial charge in [-0.25, -0.2) is 9.78 Å². The Kier molecular flexibility index (Phi) is 6.59. The van der Waals surface area contributed by atoms with E-state index in [9.17, 15) is 14.7 Å². The minimum absolute atomic E-state index is 0.192. The fraction of sp³-hybridized carbons (Fsp3) is 0.438. The van der Waals surface area contributed by atoms with Crippen LogP contribution >= 0.6 is 0 Å². The van der Waals surface area contributed by atoms with Gasteiger partial charge in [0.15, 0.2) is 0 Å². The number of nitrogens with one attached hydrogen (secondary N) is 1. The van der Waals surface area contributed by atoms with E-state index in [1.54, 1.807) is 4.90 Å². The Bertz CT molecular complexity index is 792. The highest BCUT2D eigenvalue weighted by atomic mass is 16.5. The molecule has 1 heterocycles. The summed E-state index contributed by atoms with van der Waals surface area (Å²) in [6, 6.07) is 4.52. The molecule has 0 bridgehead atoms. The van der Waals surface area contributed by atoms with Gasteiger partial charge in [0.2, 0.25) is 0 Å². The fourth-order valence-corrected chi connectivity index (χ4v) is 2.49. The van der Waals surface area contributed by atoms with Crippen molar-refractivity contribution in [2.75, 3.05) is 33.4 Å². The van der Waals surface area contributed by atoms with Crippen molar-refractivity contribution in [1.82, 2.24) is 14.9 Å². The van der Waals surface area contributed by atoms with E-state index in [2.05, 4.69) is 14.7 Å². The Labute approximate surface area is 144 Å². The first-order valence-corrected chi connectivity index (χ1v) is 7.81. The molecule has 1 atom stereocenters. The number of H-pyrrole nitrogens is 1. The standard InChI is InChI=1S/C16H22N4O5/c1-25-16(24)10-2-3-12-13(6-10)18-14(19-15(12)23)8-20(5-4-17)7-11(22)9-21/h2-3,6,11,21-22H,4-5,7-9,17H2,1H3,(H,18,19,23). The molecule has 0 aliphatic rings. The first-order valence-electron chi connectivity index (χ1n) is 7.81. The molecule has 2 rings (SSSR count). The van der Waals surface area contributed by atoms with Crippen LogP contribution in [0, 0.1) is 0 Å². The number of nitrogens with two attached hydrogens (primary N) is 1. The number of hydrogen-bond acceptors (Lipinski definition) is 8. The Balaban J connectivity index is 2.33. The molecule has 9 heteroatoms. The molecule has 2 aromatic rings. The first kappa shape index (κ1) is 19.0. The molecule has 0 fully saturated rings. The van der Waals surface area contributed by atoms with Crippen molar-refractivity contribution in [3.8, 4) is 0 Å². The smallest absolute Gasteiger partial charge is 0.337 e. The zero-order valence-electron chi connectivity index (χ0n) is 13.9. The Hall–Kier alpha value is -2.33. The van der Waals surface area contributed by atoms with Crippen molar-refractivity contribution < 1.29 is 19.7 Å². The van der Waals surface area contributed by atoms with Crippen LogP contribution in [0.4, 0.5) is 0 Å². The van der Waals surface area contributed by atoms with Crippen LogP contribution in [0.25, 0.3) is 10.9 Å². The van der Waals surface area contributed by atoms with Gasteiger partial charge in [0, 0.05) is 19.6 Å². The van der Waals surface area contributed by atoms with Crippen molar-refractivity contribution in [3.63, 3.8) is 0 Å². The molecule has 1 unspecified atom stereocenters. The molecule has 136 valence electrons. The minimum atomic E-state index is -0.912. The van der Waals surface area contributed by atoms with E-state index in [1.165, 1.54) is 25.3 Å². The molecular weight excluding hydrogens is 328 g/mol. The number of aliphatic hydroxyl groups is 2. The van der Waals surface area contributed by atoms with Gasteiger partial charge in [-0.05, 0) is 18.2 Å². The molecular formula is C16H22N4O5. The number of carbonyl (C=O) groups excluding carboxylic acids is 1. The third kappa shape index (κ3) is 4.83. The fourth-order valence-electron chi connectivity index (χ4n) is 2.49. The van der Waals surface area contributed by atoms with Gasteiger partial charge < -0.3 is 25.7 Å². The number of aromatic amines is 1. The monoisotopic (exact) mass is 350 g/mol. The minimum Gasteiger partial charge on any atom is -0.465 e. The molecule has 1 aromatic carbocycles. The maximum Gasteiger partial charge on any atom is 0.337 e. The van der Waals surface area contributed by atoms with Gasteiger partial charge in [-0.2, -0.15) is 0 Å². The summed E-state index contributed by atoms with van der Waals surface area (Å²) in [6.45, 7) is 0.869. The van der Waals surface area contributed by atoms with Gasteiger partial charge >= 0.3 is 5.97 Å². The number of benzene rings is 1. The molecule has 0 saturated heterocycles. The zero-order valence-corrected chi connectivity index (χ0v) is 13.9. The highest BCUT2D eigenvalue weighted by molar-refractivity contribution is 5.93. The topological polar surface area (TPSA) is 142 Å². The summed E-state index contributed by atoms with van der Waals surface area (Å²) in [7, 11) is 1.28. The number of nitrogens with zero attached hydrogens (tertiary/aromatic N) is 2. The average Bonchev–Trinajstić information content (AvgIpc) is 2.60. The van der Waals surface area contributed by atoms with Crippen molar-refractivity contribution >= 4 is 16.9 Å². The van der Waals surface area contributed by atoms with E-state index in [0.29, 0.717) is 35.4 Å². The lowest BCUT2D eigenvalue weighted by Crippen LogP contribution is -2.37. The summed E-state index contributed by atoms with van der Waals surface area (Å²) in [6.07, 6.45) is -0.912. The molecule has 0 aliphatic heterocycles. The predicted octanol–water partition coefficient (Wildman–Crippen LogP) is -1.18. The van der Waals surface area contributed by atoms with Crippen molar-refractivity contribution in [2.24, 2.45) is 5.73 Å². The molecule has 1 aromatic heterocycles. The maximum atomic E-state index is 12.2. The van der Waals surface area contributed by atoms with Crippen LogP contribution in [0.1, 0.15) is 16.2 Å². The molecule has 0 saturated carbocycles. The second kappa shape index (κ2) is 8.67. The lowest BCUT2D eigenvalue weighted by atomic mass is 10.1. The quantitative estimate of drug-likeness (QED) is 0.436. The number of aromatic nitrogens is 2. The van der Waals surface area contributed by atoms with Gasteiger partial charge in [0.25, 0.3) is 5.56 Å². The number of methoxy groups -OCH3 is 1. The highest BCUT2D eigenvalue weighted by Gasteiger charge is 2.14. The molecule has 0 aliphatic carbocycles. The summed E-state index contributed by atoms with van der Waals surface area (Å²) in [5, 5.41) is 19.0. The summed E-state index contributed by atoms with van der Waals surface area (Å²) < 4.78 is 4.67. The number of hydrogen-bond donors (Lipinski definition) is 4. The highest BCUT2D eigenvalue weighted by Crippen LogP contribution is 2.12. The third-order valence-electron chi connectivity index (χ3n) is 3.68. The van der Waals surface area contributed by atoms with Crippen LogP contribution in [0.5, 0.6) is 0 Å². The van der Waals surface area contributed by atoms with E-state index in [4.69, 9.17) is 10.8 Å². The second-order valence-corrected chi connectivity index (χ2v) is 5.60. The van der Waals surface area contributed by atoms with E-state index < -0.39 is 12.1 Å². The molecule has 0 spiro atoms. The summed E-state index contributed by atoms with van der Waals surface area (Å²) in [5.41, 5.74) is 5.90. The summed E-state index contributed by atoms with van der Waals surface area (Å²) >= 11 is 0. The van der Waals surface area contributed by atoms with Crippen molar-refractivity contribution in [3.05, 3.63) is 39.9 Å². The van der Waals surface area contributed by atoms with Crippen molar-refractivity contribution in [2.45, 2.75) is 12.6 Å². The van der Waals surface area contributed by atoms with E-state index in [1.807, 2.05) is 0 Å². The molecule has 0 amide bonds. The lowest BCUT2D eigenvalue weighted by Gasteiger charge is -2.23. The van der Waals surface area contributed by atoms with Crippen LogP contribution in [-0.4, -0.2) is 70.5 Å². The van der Waals surface area contributed by atoms with Gasteiger partial charge in [0.05, 0.1) is 42.8 Å². The van der Waals surface area contributed by atoms with Gasteiger partial charge in [-0.15, -0.1) is 0 Å². The zero-order chi connectivity index (χ0) is 18.4. The summed E-state index contributed by atoms with van der Waals surface area (Å²) in [4.78, 5) is 32.7. The second-order valence-electron chi connectivity index (χ2n) is 5.60. The van der Waals surface area contributed by atoms with E-state index >= 15 is 0 Å². The lowest BCUT2D eigenvalue weighted by molar-refractivity contribution is 0.0569. The SMILES string of the molecule is COC(=O)c1ccc2c(=O)[nH]c(CN(CCN)CC(O)CO)nc2c1. The molecule has 9 nitrogen and oxygen atoms in total. The van der Waals surface area contributed by atoms with E-state index in [0.717, 1.165) is 0 Å². The molecule has 5 N–H and O–H groups in total. The van der Waals surface area contributed by atoms with Crippen LogP contribution in [-0.2, 0) is 11.3 Å². The number of rotatable bonds is 8. The van der Waals surface area contributed by atoms with Gasteiger partial charge in [0.1, 0.15) is 5.82 Å². The number of aliphatic hydroxyl groups excluding tert-OH is 2. The average molecular weight is 350 g/mol. The Morgan fingerprint density at radius 2 is 2.24 bits per heavy atom. The number of fused-ring (bicyclic) bond motifs is 1.